The molecule has 0 radical (unpaired) electrons. The van der Waals surface area contributed by atoms with Gasteiger partial charge in [0.1, 0.15) is 7.37 Å². The molecule has 1 rings (SSSR count). The lowest BCUT2D eigenvalue weighted by Crippen LogP contribution is -2.16. The molecule has 62 valence electrons. The summed E-state index contributed by atoms with van der Waals surface area (Å²) in [7, 11) is -3.13. The van der Waals surface area contributed by atoms with E-state index >= 15 is 0 Å². The highest BCUT2D eigenvalue weighted by atomic mass is 31.2. The average Bonchev–Trinajstić information content (AvgIpc) is 2.06. The number of hydroxylamine groups is 1. The first-order valence-electron chi connectivity index (χ1n) is 2.84. The van der Waals surface area contributed by atoms with Crippen LogP contribution < -0.4 is 0 Å². The van der Waals surface area contributed by atoms with E-state index in [1.54, 1.807) is 0 Å². The molecule has 0 saturated heterocycles. The van der Waals surface area contributed by atoms with Crippen molar-refractivity contribution in [3.8, 4) is 0 Å². The topological polar surface area (TPSA) is 66.6 Å². The molecule has 0 saturated carbocycles. The zero-order chi connectivity index (χ0) is 8.65. The Morgan fingerprint density at radius 2 is 2.36 bits per heavy atom. The third kappa shape index (κ3) is 1.29. The minimum absolute atomic E-state index is 0.238. The van der Waals surface area contributed by atoms with Gasteiger partial charge >= 0.3 is 0 Å². The van der Waals surface area contributed by atoms with Crippen LogP contribution in [0.25, 0.3) is 0 Å². The quantitative estimate of drug-likeness (QED) is 0.354. The zero-order valence-corrected chi connectivity index (χ0v) is 6.96. The molecule has 0 spiro atoms. The van der Waals surface area contributed by atoms with Gasteiger partial charge in [0, 0.05) is 5.45 Å². The van der Waals surface area contributed by atoms with E-state index < -0.39 is 13.2 Å². The van der Waals surface area contributed by atoms with Crippen molar-refractivity contribution < 1.29 is 23.8 Å². The molecule has 0 bridgehead atoms. The van der Waals surface area contributed by atoms with E-state index in [1.165, 1.54) is 13.6 Å². The number of carbonyl (C=O) groups excluding carboxylic acids is 1. The summed E-state index contributed by atoms with van der Waals surface area (Å²) in [6.07, 6.45) is 0. The van der Waals surface area contributed by atoms with Gasteiger partial charge in [0.2, 0.25) is 0 Å². The predicted octanol–water partition coefficient (Wildman–Crippen LogP) is 0.310. The maximum atomic E-state index is 11.3. The van der Waals surface area contributed by atoms with Crippen molar-refractivity contribution in [2.75, 3.05) is 6.66 Å². The summed E-state index contributed by atoms with van der Waals surface area (Å²) in [6.45, 7) is 4.35. The van der Waals surface area contributed by atoms with E-state index in [-0.39, 0.29) is 5.45 Å². The highest BCUT2D eigenvalue weighted by Crippen LogP contribution is 2.48. The van der Waals surface area contributed by atoms with Crippen LogP contribution in [0.2, 0.25) is 0 Å². The monoisotopic (exact) mass is 176 g/mol. The molecule has 0 fully saturated rings. The molecular weight excluding hydrogens is 169 g/mol. The number of Topliss-reactive ketones (excluding diaryl/α,β-unsaturated/α-hetero) is 1. The van der Waals surface area contributed by atoms with Gasteiger partial charge in [0.25, 0.3) is 0 Å². The van der Waals surface area contributed by atoms with Crippen LogP contribution in [0.5, 0.6) is 0 Å². The molecule has 1 aliphatic rings. The van der Waals surface area contributed by atoms with Gasteiger partial charge in [0.15, 0.2) is 0 Å². The lowest BCUT2D eigenvalue weighted by Gasteiger charge is -2.14. The second-order valence-electron chi connectivity index (χ2n) is 2.22. The normalized spacial score (nSPS) is 30.4. The second-order valence-corrected chi connectivity index (χ2v) is 4.52. The van der Waals surface area contributed by atoms with Crippen LogP contribution in [-0.2, 0) is 13.9 Å². The van der Waals surface area contributed by atoms with Crippen LogP contribution in [0, 0.1) is 6.73 Å². The standard InChI is InChI=1S/C5H7NO4P/c1-4(7)5-6(8)3-10-11(5,2)9/h8H,1-2H3/q-1/t11-/m1/s1. The first-order chi connectivity index (χ1) is 4.95. The smallest absolute Gasteiger partial charge is 0.124 e. The molecular formula is C5H7NO4P-. The van der Waals surface area contributed by atoms with Gasteiger partial charge in [-0.2, -0.15) is 0 Å². The Hall–Kier alpha value is -0.800. The Bertz CT molecular complexity index is 282. The summed E-state index contributed by atoms with van der Waals surface area (Å²) in [6, 6.07) is 0. The molecule has 1 aliphatic heterocycles. The molecule has 11 heavy (non-hydrogen) atoms. The molecule has 1 atom stereocenters. The number of hydrogen-bond acceptors (Lipinski definition) is 4. The van der Waals surface area contributed by atoms with Crippen LogP contribution in [-0.4, -0.2) is 27.8 Å². The highest BCUT2D eigenvalue weighted by molar-refractivity contribution is 7.78. The first kappa shape index (κ1) is 8.30. The van der Waals surface area contributed by atoms with Crippen molar-refractivity contribution in [2.45, 2.75) is 6.92 Å². The zero-order valence-electron chi connectivity index (χ0n) is 6.07. The van der Waals surface area contributed by atoms with Gasteiger partial charge in [-0.3, -0.25) is 4.74 Å². The second kappa shape index (κ2) is 2.36. The maximum absolute atomic E-state index is 11.3. The molecule has 0 aromatic heterocycles. The van der Waals surface area contributed by atoms with Gasteiger partial charge in [-0.25, -0.2) is 0 Å². The summed E-state index contributed by atoms with van der Waals surface area (Å²) >= 11 is 0. The summed E-state index contributed by atoms with van der Waals surface area (Å²) in [5, 5.41) is 8.86. The van der Waals surface area contributed by atoms with E-state index in [0.717, 1.165) is 0 Å². The summed E-state index contributed by atoms with van der Waals surface area (Å²) in [5.74, 6) is -0.483. The van der Waals surface area contributed by atoms with Crippen molar-refractivity contribution >= 4 is 18.6 Å². The van der Waals surface area contributed by atoms with E-state index in [0.29, 0.717) is 4.74 Å². The van der Waals surface area contributed by atoms with Crippen molar-refractivity contribution in [2.24, 2.45) is 0 Å². The lowest BCUT2D eigenvalue weighted by molar-refractivity contribution is -0.753. The van der Waals surface area contributed by atoms with Gasteiger partial charge in [-0.05, 0) is 20.3 Å². The minimum atomic E-state index is -3.13. The highest BCUT2D eigenvalue weighted by Gasteiger charge is 2.23. The fourth-order valence-corrected chi connectivity index (χ4v) is 2.09. The Kier molecular flexibility index (Phi) is 1.78. The molecule has 0 aliphatic carbocycles. The van der Waals surface area contributed by atoms with Crippen molar-refractivity contribution in [1.82, 2.24) is 0 Å². The third-order valence-electron chi connectivity index (χ3n) is 1.20. The SMILES string of the molecule is CC(=O)C1=[N+](O)[C-2]O[P@@]1(C)=O. The lowest BCUT2D eigenvalue weighted by atomic mass is 10.5. The van der Waals surface area contributed by atoms with Gasteiger partial charge in [-0.15, -0.1) is 0 Å². The van der Waals surface area contributed by atoms with E-state index in [9.17, 15) is 9.36 Å². The number of hydrogen-bond donors (Lipinski definition) is 1. The summed E-state index contributed by atoms with van der Waals surface area (Å²) < 4.78 is 16.0. The Labute approximate surface area is 63.7 Å². The number of ketones is 1. The molecule has 0 aromatic carbocycles. The van der Waals surface area contributed by atoms with Crippen LogP contribution in [0.4, 0.5) is 0 Å². The van der Waals surface area contributed by atoms with E-state index in [2.05, 4.69) is 4.52 Å². The molecule has 0 unspecified atom stereocenters. The summed E-state index contributed by atoms with van der Waals surface area (Å²) in [5.41, 5.74) is -0.238. The fraction of sp³-hybridized carbons (Fsp3) is 0.400. The Morgan fingerprint density at radius 3 is 2.55 bits per heavy atom. The number of carbonyl (C=O) groups is 1. The van der Waals surface area contributed by atoms with Crippen LogP contribution in [0.1, 0.15) is 6.92 Å². The molecule has 0 aromatic rings. The predicted molar refractivity (Wildman–Crippen MR) is 35.6 cm³/mol. The molecule has 5 nitrogen and oxygen atoms in total. The summed E-state index contributed by atoms with van der Waals surface area (Å²) in [4.78, 5) is 10.7. The first-order valence-corrected chi connectivity index (χ1v) is 4.91. The maximum Gasteiger partial charge on any atom is 0.124 e. The minimum Gasteiger partial charge on any atom is -0.454 e. The van der Waals surface area contributed by atoms with Crippen LogP contribution in [0.3, 0.4) is 0 Å². The van der Waals surface area contributed by atoms with E-state index in [1.807, 2.05) is 6.73 Å². The molecule has 1 N–H and O–H groups in total. The number of rotatable bonds is 1. The van der Waals surface area contributed by atoms with Crippen molar-refractivity contribution in [1.29, 1.82) is 0 Å². The molecule has 0 amide bonds. The molecule has 6 heteroatoms. The van der Waals surface area contributed by atoms with Crippen molar-refractivity contribution in [3.63, 3.8) is 0 Å². The van der Waals surface area contributed by atoms with Crippen LogP contribution in [0.15, 0.2) is 0 Å². The van der Waals surface area contributed by atoms with Crippen molar-refractivity contribution in [3.05, 3.63) is 6.73 Å². The Morgan fingerprint density at radius 1 is 1.82 bits per heavy atom. The fourth-order valence-electron chi connectivity index (χ4n) is 0.810. The van der Waals surface area contributed by atoms with Gasteiger partial charge < -0.3 is 19.1 Å². The van der Waals surface area contributed by atoms with Gasteiger partial charge in [0.05, 0.1) is 5.78 Å². The van der Waals surface area contributed by atoms with E-state index in [4.69, 9.17) is 5.21 Å². The van der Waals surface area contributed by atoms with Gasteiger partial charge in [-0.1, -0.05) is 0 Å². The van der Waals surface area contributed by atoms with Crippen LogP contribution >= 0.6 is 7.37 Å². The Balaban J connectivity index is 3.15. The third-order valence-corrected chi connectivity index (χ3v) is 2.91. The number of nitrogens with zero attached hydrogens (tertiary/aromatic N) is 1. The average molecular weight is 176 g/mol. The molecule has 1 heterocycles. The largest absolute Gasteiger partial charge is 0.454 e.